The van der Waals surface area contributed by atoms with Crippen molar-refractivity contribution in [1.29, 1.82) is 0 Å². The molecule has 1 aliphatic carbocycles. The maximum Gasteiger partial charge on any atom is 0.472 e. The van der Waals surface area contributed by atoms with Crippen molar-refractivity contribution in [3.63, 3.8) is 0 Å². The summed E-state index contributed by atoms with van der Waals surface area (Å²) < 4.78 is 49.4. The Bertz CT molecular complexity index is 1770. The molecule has 19 heteroatoms. The van der Waals surface area contributed by atoms with Crippen LogP contribution in [0.3, 0.4) is 0 Å². The van der Waals surface area contributed by atoms with E-state index in [1.54, 1.807) is 24.3 Å². The van der Waals surface area contributed by atoms with Gasteiger partial charge in [0, 0.05) is 12.8 Å². The molecule has 0 radical (unpaired) electrons. The van der Waals surface area contributed by atoms with Crippen LogP contribution in [0.2, 0.25) is 0 Å². The molecule has 412 valence electrons. The van der Waals surface area contributed by atoms with Crippen LogP contribution in [0.15, 0.2) is 97.2 Å². The standard InChI is InChI=1S/C53H88O17P2/c1-3-5-7-9-11-13-15-17-18-19-20-21-22-24-26-28-30-32-36-41-47(56)68-45(43-67-72(64,65)70-53-50(59)48(57)49(58)52(51(53)60)69-71(61,62)63)42-66-46(55)40-37-33-35-39-44(54)38-34-31-29-27-25-23-16-14-12-10-8-6-4-2/h6,8,11-14,17-18,23,25,29,31,33-35,38,44-45,48-54,57-60H,3-5,7,9-10,15-16,19-22,24,26-28,30,32,36-37,39-43H2,1-2H3,(H,64,65)(H2,61,62,63)/b8-6-,13-11-,14-12-,18-17-,25-23-,31-29-,35-33-,38-34-/t44?,45-,48?,49?,50?,51?,52-,53+/m1/s1. The van der Waals surface area contributed by atoms with Gasteiger partial charge < -0.3 is 49.7 Å². The first-order valence-corrected chi connectivity index (χ1v) is 28.9. The zero-order valence-corrected chi connectivity index (χ0v) is 44.5. The lowest BCUT2D eigenvalue weighted by Gasteiger charge is -2.43. The third kappa shape index (κ3) is 35.9. The van der Waals surface area contributed by atoms with Crippen LogP contribution in [-0.2, 0) is 41.8 Å². The highest BCUT2D eigenvalue weighted by Crippen LogP contribution is 2.49. The zero-order chi connectivity index (χ0) is 53.3. The van der Waals surface area contributed by atoms with Crippen molar-refractivity contribution in [3.05, 3.63) is 97.2 Å². The predicted octanol–water partition coefficient (Wildman–Crippen LogP) is 9.70. The number of carbonyl (C=O) groups excluding carboxylic acids is 2. The molecule has 0 aromatic heterocycles. The van der Waals surface area contributed by atoms with Gasteiger partial charge in [-0.1, -0.05) is 169 Å². The Morgan fingerprint density at radius 2 is 1.04 bits per heavy atom. The van der Waals surface area contributed by atoms with Crippen LogP contribution in [0.5, 0.6) is 0 Å². The van der Waals surface area contributed by atoms with E-state index in [0.717, 1.165) is 77.0 Å². The van der Waals surface area contributed by atoms with E-state index < -0.39 is 89.6 Å². The molecule has 72 heavy (non-hydrogen) atoms. The second kappa shape index (κ2) is 42.1. The number of hydrogen-bond donors (Lipinski definition) is 8. The minimum Gasteiger partial charge on any atom is -0.462 e. The van der Waals surface area contributed by atoms with Crippen LogP contribution in [0.4, 0.5) is 0 Å². The summed E-state index contributed by atoms with van der Waals surface area (Å²) in [6.45, 7) is 2.83. The Labute approximate surface area is 429 Å². The highest BCUT2D eigenvalue weighted by molar-refractivity contribution is 7.47. The van der Waals surface area contributed by atoms with Crippen molar-refractivity contribution in [2.75, 3.05) is 13.2 Å². The number of hydrogen-bond acceptors (Lipinski definition) is 14. The van der Waals surface area contributed by atoms with Crippen molar-refractivity contribution in [3.8, 4) is 0 Å². The van der Waals surface area contributed by atoms with E-state index in [0.29, 0.717) is 12.8 Å². The molecular formula is C53H88O17P2. The molecule has 0 saturated heterocycles. The molecule has 0 aromatic carbocycles. The van der Waals surface area contributed by atoms with Gasteiger partial charge in [0.05, 0.1) is 12.7 Å². The van der Waals surface area contributed by atoms with E-state index >= 15 is 0 Å². The molecule has 1 saturated carbocycles. The number of unbranched alkanes of at least 4 members (excludes halogenated alkanes) is 12. The van der Waals surface area contributed by atoms with E-state index in [1.807, 2.05) is 12.2 Å². The first-order chi connectivity index (χ1) is 34.5. The predicted molar refractivity (Wildman–Crippen MR) is 279 cm³/mol. The lowest BCUT2D eigenvalue weighted by Crippen LogP contribution is -2.64. The third-order valence-corrected chi connectivity index (χ3v) is 12.7. The molecule has 0 heterocycles. The van der Waals surface area contributed by atoms with Gasteiger partial charge in [0.15, 0.2) is 6.10 Å². The highest BCUT2D eigenvalue weighted by Gasteiger charge is 2.54. The molecule has 1 aliphatic rings. The van der Waals surface area contributed by atoms with Crippen molar-refractivity contribution in [2.45, 2.75) is 210 Å². The third-order valence-electron chi connectivity index (χ3n) is 11.2. The fourth-order valence-corrected chi connectivity index (χ4v) is 8.76. The van der Waals surface area contributed by atoms with Gasteiger partial charge in [-0.3, -0.25) is 23.2 Å². The minimum absolute atomic E-state index is 0.00317. The summed E-state index contributed by atoms with van der Waals surface area (Å²) in [5.74, 6) is -1.40. The smallest absolute Gasteiger partial charge is 0.462 e. The van der Waals surface area contributed by atoms with Gasteiger partial charge in [0.1, 0.15) is 43.2 Å². The number of aliphatic hydroxyl groups excluding tert-OH is 5. The molecule has 0 bridgehead atoms. The normalized spacial score (nSPS) is 22.0. The quantitative estimate of drug-likeness (QED) is 0.00928. The Morgan fingerprint density at radius 1 is 0.528 bits per heavy atom. The summed E-state index contributed by atoms with van der Waals surface area (Å²) in [6, 6.07) is 0. The zero-order valence-electron chi connectivity index (χ0n) is 42.7. The minimum atomic E-state index is -5.39. The van der Waals surface area contributed by atoms with E-state index in [-0.39, 0.29) is 19.3 Å². The Hall–Kier alpha value is -3.12. The largest absolute Gasteiger partial charge is 0.472 e. The molecular weight excluding hydrogens is 971 g/mol. The fourth-order valence-electron chi connectivity index (χ4n) is 7.22. The van der Waals surface area contributed by atoms with Crippen LogP contribution in [0.1, 0.15) is 162 Å². The molecule has 0 spiro atoms. The lowest BCUT2D eigenvalue weighted by atomic mass is 9.85. The first kappa shape index (κ1) is 66.9. The van der Waals surface area contributed by atoms with Crippen LogP contribution in [-0.4, -0.2) is 114 Å². The SMILES string of the molecule is CC/C=C\C/C=C\C/C=C\C/C=C\C=C/C(O)C/C=C\CCC(=O)OC[C@H](COP(=O)(O)O[C@H]1C(O)C(O)C(O)[C@@H](OP(=O)(O)O)C1O)OC(=O)CCCCCCCCCCC/C=C\C/C=C\CCCCC. The number of allylic oxidation sites excluding steroid dienone is 14. The number of esters is 2. The molecule has 1 fully saturated rings. The molecule has 1 rings (SSSR count). The molecule has 0 aromatic rings. The summed E-state index contributed by atoms with van der Waals surface area (Å²) in [5, 5.41) is 51.6. The van der Waals surface area contributed by atoms with Crippen molar-refractivity contribution < 1.29 is 82.0 Å². The van der Waals surface area contributed by atoms with Crippen LogP contribution >= 0.6 is 15.6 Å². The number of ether oxygens (including phenoxy) is 2. The average molecular weight is 1060 g/mol. The van der Waals surface area contributed by atoms with Crippen LogP contribution < -0.4 is 0 Å². The summed E-state index contributed by atoms with van der Waals surface area (Å²) in [5.41, 5.74) is 0. The topological polar surface area (TPSA) is 276 Å². The van der Waals surface area contributed by atoms with E-state index in [9.17, 15) is 58.9 Å². The monoisotopic (exact) mass is 1060 g/mol. The molecule has 17 nitrogen and oxygen atoms in total. The number of phosphoric acid groups is 2. The number of rotatable bonds is 42. The number of aliphatic hydroxyl groups is 5. The van der Waals surface area contributed by atoms with Gasteiger partial charge >= 0.3 is 27.6 Å². The molecule has 8 N–H and O–H groups in total. The second-order valence-corrected chi connectivity index (χ2v) is 20.3. The fraction of sp³-hybridized carbons (Fsp3) is 0.660. The summed E-state index contributed by atoms with van der Waals surface area (Å²) in [6.07, 6.45) is 36.6. The van der Waals surface area contributed by atoms with Gasteiger partial charge in [0.25, 0.3) is 0 Å². The Kier molecular flexibility index (Phi) is 39.2. The molecule has 0 amide bonds. The van der Waals surface area contributed by atoms with Crippen molar-refractivity contribution in [2.24, 2.45) is 0 Å². The molecule has 6 unspecified atom stereocenters. The van der Waals surface area contributed by atoms with Crippen molar-refractivity contribution in [1.82, 2.24) is 0 Å². The van der Waals surface area contributed by atoms with E-state index in [4.69, 9.17) is 18.5 Å². The van der Waals surface area contributed by atoms with Gasteiger partial charge in [-0.2, -0.15) is 0 Å². The highest BCUT2D eigenvalue weighted by atomic mass is 31.2. The summed E-state index contributed by atoms with van der Waals surface area (Å²) in [7, 11) is -10.8. The molecule has 0 aliphatic heterocycles. The van der Waals surface area contributed by atoms with Crippen molar-refractivity contribution >= 4 is 27.6 Å². The van der Waals surface area contributed by atoms with E-state index in [2.05, 4.69) is 79.1 Å². The number of phosphoric ester groups is 2. The Morgan fingerprint density at radius 3 is 1.62 bits per heavy atom. The number of carbonyl (C=O) groups is 2. The van der Waals surface area contributed by atoms with Gasteiger partial charge in [-0.25, -0.2) is 9.13 Å². The maximum atomic E-state index is 13.0. The first-order valence-electron chi connectivity index (χ1n) is 25.9. The Balaban J connectivity index is 2.64. The summed E-state index contributed by atoms with van der Waals surface area (Å²) >= 11 is 0. The van der Waals surface area contributed by atoms with Gasteiger partial charge in [-0.05, 0) is 77.0 Å². The van der Waals surface area contributed by atoms with Crippen LogP contribution in [0, 0.1) is 0 Å². The van der Waals surface area contributed by atoms with E-state index in [1.165, 1.54) is 38.5 Å². The second-order valence-electron chi connectivity index (χ2n) is 17.7. The average Bonchev–Trinajstić information content (AvgIpc) is 3.33. The maximum absolute atomic E-state index is 13.0. The van der Waals surface area contributed by atoms with Crippen LogP contribution in [0.25, 0.3) is 0 Å². The van der Waals surface area contributed by atoms with Gasteiger partial charge in [0.2, 0.25) is 0 Å². The molecule has 9 atom stereocenters. The lowest BCUT2D eigenvalue weighted by molar-refractivity contribution is -0.216. The van der Waals surface area contributed by atoms with Gasteiger partial charge in [-0.15, -0.1) is 0 Å². The summed E-state index contributed by atoms with van der Waals surface area (Å²) in [4.78, 5) is 54.4.